The van der Waals surface area contributed by atoms with Gasteiger partial charge in [0.15, 0.2) is 0 Å². The van der Waals surface area contributed by atoms with Crippen LogP contribution in [0.25, 0.3) is 0 Å². The van der Waals surface area contributed by atoms with E-state index in [1.807, 2.05) is 26.0 Å². The van der Waals surface area contributed by atoms with Crippen LogP contribution in [0.2, 0.25) is 0 Å². The molecule has 1 aliphatic rings. The maximum absolute atomic E-state index is 13.3. The van der Waals surface area contributed by atoms with Crippen LogP contribution >= 0.6 is 0 Å². The van der Waals surface area contributed by atoms with Gasteiger partial charge in [-0.05, 0) is 79.6 Å². The standard InChI is InChI=1S/C25H34N2O5S/c1-16(2)20-15-21(17(3)13-24(20)32-6)18(4)26-33(29,30)19-9-10-23(31-5)22(14-19)25(28)27-11-7-8-12-27/h9-10,13-16,18,26H,7-8,11-12H2,1-6H3/t18-/m0/s1. The predicted molar refractivity (Wildman–Crippen MR) is 129 cm³/mol. The summed E-state index contributed by atoms with van der Waals surface area (Å²) >= 11 is 0. The summed E-state index contributed by atoms with van der Waals surface area (Å²) in [6.07, 6.45) is 1.90. The number of amides is 1. The highest BCUT2D eigenvalue weighted by molar-refractivity contribution is 7.89. The molecule has 1 N–H and O–H groups in total. The van der Waals surface area contributed by atoms with E-state index in [0.29, 0.717) is 18.8 Å². The van der Waals surface area contributed by atoms with Crippen molar-refractivity contribution >= 4 is 15.9 Å². The molecule has 180 valence electrons. The molecule has 1 aliphatic heterocycles. The second-order valence-electron chi connectivity index (χ2n) is 8.81. The van der Waals surface area contributed by atoms with Crippen molar-refractivity contribution in [2.24, 2.45) is 0 Å². The minimum atomic E-state index is -3.89. The summed E-state index contributed by atoms with van der Waals surface area (Å²) in [7, 11) is -0.774. The first-order valence-corrected chi connectivity index (χ1v) is 12.8. The third-order valence-electron chi connectivity index (χ3n) is 6.14. The number of benzene rings is 2. The fourth-order valence-corrected chi connectivity index (χ4v) is 5.54. The second-order valence-corrected chi connectivity index (χ2v) is 10.5. The number of carbonyl (C=O) groups excluding carboxylic acids is 1. The molecule has 2 aromatic carbocycles. The number of sulfonamides is 1. The number of hydrogen-bond donors (Lipinski definition) is 1. The van der Waals surface area contributed by atoms with Gasteiger partial charge in [0.1, 0.15) is 11.5 Å². The van der Waals surface area contributed by atoms with Crippen LogP contribution < -0.4 is 14.2 Å². The molecule has 3 rings (SSSR count). The van der Waals surface area contributed by atoms with Crippen LogP contribution in [0.3, 0.4) is 0 Å². The molecule has 7 nitrogen and oxygen atoms in total. The van der Waals surface area contributed by atoms with Crippen molar-refractivity contribution in [2.45, 2.75) is 57.4 Å². The maximum Gasteiger partial charge on any atom is 0.257 e. The van der Waals surface area contributed by atoms with E-state index in [9.17, 15) is 13.2 Å². The zero-order valence-electron chi connectivity index (χ0n) is 20.3. The lowest BCUT2D eigenvalue weighted by Crippen LogP contribution is -2.30. The van der Waals surface area contributed by atoms with E-state index in [1.54, 1.807) is 12.0 Å². The molecule has 1 atom stereocenters. The van der Waals surface area contributed by atoms with Crippen molar-refractivity contribution in [2.75, 3.05) is 27.3 Å². The number of methoxy groups -OCH3 is 2. The van der Waals surface area contributed by atoms with E-state index in [0.717, 1.165) is 35.3 Å². The fourth-order valence-electron chi connectivity index (χ4n) is 4.29. The van der Waals surface area contributed by atoms with Gasteiger partial charge in [-0.25, -0.2) is 13.1 Å². The molecule has 0 radical (unpaired) electrons. The molecule has 2 aromatic rings. The first-order chi connectivity index (χ1) is 15.6. The predicted octanol–water partition coefficient (Wildman–Crippen LogP) is 4.41. The summed E-state index contributed by atoms with van der Waals surface area (Å²) in [5.41, 5.74) is 3.10. The fraction of sp³-hybridized carbons (Fsp3) is 0.480. The molecule has 0 aliphatic carbocycles. The van der Waals surface area contributed by atoms with Gasteiger partial charge in [0.2, 0.25) is 10.0 Å². The Hall–Kier alpha value is -2.58. The van der Waals surface area contributed by atoms with Crippen LogP contribution in [-0.4, -0.2) is 46.5 Å². The Morgan fingerprint density at radius 3 is 2.18 bits per heavy atom. The first kappa shape index (κ1) is 25.1. The topological polar surface area (TPSA) is 84.9 Å². The number of nitrogens with one attached hydrogen (secondary N) is 1. The molecule has 0 aromatic heterocycles. The van der Waals surface area contributed by atoms with Gasteiger partial charge in [-0.15, -0.1) is 0 Å². The number of ether oxygens (including phenoxy) is 2. The molecule has 0 bridgehead atoms. The third-order valence-corrected chi connectivity index (χ3v) is 7.68. The summed E-state index contributed by atoms with van der Waals surface area (Å²) in [6.45, 7) is 9.24. The van der Waals surface area contributed by atoms with Crippen molar-refractivity contribution in [1.29, 1.82) is 0 Å². The lowest BCUT2D eigenvalue weighted by atomic mass is 9.94. The normalized spacial score (nSPS) is 15.1. The lowest BCUT2D eigenvalue weighted by Gasteiger charge is -2.21. The quantitative estimate of drug-likeness (QED) is 0.613. The van der Waals surface area contributed by atoms with E-state index in [2.05, 4.69) is 18.6 Å². The average molecular weight is 475 g/mol. The summed E-state index contributed by atoms with van der Waals surface area (Å²) in [5.74, 6) is 1.18. The van der Waals surface area contributed by atoms with Gasteiger partial charge in [-0.1, -0.05) is 13.8 Å². The van der Waals surface area contributed by atoms with Gasteiger partial charge in [-0.3, -0.25) is 4.79 Å². The molecule has 1 heterocycles. The zero-order chi connectivity index (χ0) is 24.3. The first-order valence-electron chi connectivity index (χ1n) is 11.3. The van der Waals surface area contributed by atoms with Gasteiger partial charge < -0.3 is 14.4 Å². The Balaban J connectivity index is 1.92. The highest BCUT2D eigenvalue weighted by Gasteiger charge is 2.26. The van der Waals surface area contributed by atoms with Crippen LogP contribution in [0.4, 0.5) is 0 Å². The van der Waals surface area contributed by atoms with E-state index >= 15 is 0 Å². The van der Waals surface area contributed by atoms with Crippen LogP contribution in [0.1, 0.15) is 72.6 Å². The highest BCUT2D eigenvalue weighted by atomic mass is 32.2. The van der Waals surface area contributed by atoms with E-state index < -0.39 is 16.1 Å². The van der Waals surface area contributed by atoms with Crippen molar-refractivity contribution in [3.8, 4) is 11.5 Å². The molecular formula is C25H34N2O5S. The molecule has 8 heteroatoms. The van der Waals surface area contributed by atoms with E-state index in [-0.39, 0.29) is 22.3 Å². The SMILES string of the molecule is COc1ccc(S(=O)(=O)N[C@@H](C)c2cc(C(C)C)c(OC)cc2C)cc1C(=O)N1CCCC1. The summed E-state index contributed by atoms with van der Waals surface area (Å²) in [5, 5.41) is 0. The smallest absolute Gasteiger partial charge is 0.257 e. The zero-order valence-corrected chi connectivity index (χ0v) is 21.1. The monoisotopic (exact) mass is 474 g/mol. The van der Waals surface area contributed by atoms with Crippen molar-refractivity contribution in [1.82, 2.24) is 9.62 Å². The van der Waals surface area contributed by atoms with Gasteiger partial charge >= 0.3 is 0 Å². The van der Waals surface area contributed by atoms with Crippen LogP contribution in [0.5, 0.6) is 11.5 Å². The van der Waals surface area contributed by atoms with Gasteiger partial charge in [0.25, 0.3) is 5.91 Å². The number of aryl methyl sites for hydroxylation is 1. The number of nitrogens with zero attached hydrogens (tertiary/aromatic N) is 1. The van der Waals surface area contributed by atoms with Crippen molar-refractivity contribution in [3.05, 3.63) is 52.6 Å². The number of carbonyl (C=O) groups is 1. The molecule has 0 spiro atoms. The largest absolute Gasteiger partial charge is 0.496 e. The summed E-state index contributed by atoms with van der Waals surface area (Å²) in [4.78, 5) is 14.7. The van der Waals surface area contributed by atoms with Crippen LogP contribution in [0.15, 0.2) is 35.2 Å². The van der Waals surface area contributed by atoms with Gasteiger partial charge in [0.05, 0.1) is 24.7 Å². The van der Waals surface area contributed by atoms with E-state index in [4.69, 9.17) is 9.47 Å². The molecular weight excluding hydrogens is 440 g/mol. The Morgan fingerprint density at radius 2 is 1.61 bits per heavy atom. The maximum atomic E-state index is 13.3. The molecule has 1 saturated heterocycles. The Labute approximate surface area is 197 Å². The van der Waals surface area contributed by atoms with Gasteiger partial charge in [-0.2, -0.15) is 0 Å². The van der Waals surface area contributed by atoms with E-state index in [1.165, 1.54) is 25.3 Å². The Morgan fingerprint density at radius 1 is 0.970 bits per heavy atom. The Bertz CT molecular complexity index is 1120. The Kier molecular flexibility index (Phi) is 7.69. The number of rotatable bonds is 8. The molecule has 33 heavy (non-hydrogen) atoms. The molecule has 0 saturated carbocycles. The average Bonchev–Trinajstić information content (AvgIpc) is 3.32. The van der Waals surface area contributed by atoms with Crippen LogP contribution in [-0.2, 0) is 10.0 Å². The third kappa shape index (κ3) is 5.33. The highest BCUT2D eigenvalue weighted by Crippen LogP contribution is 2.33. The van der Waals surface area contributed by atoms with Crippen molar-refractivity contribution in [3.63, 3.8) is 0 Å². The van der Waals surface area contributed by atoms with Crippen molar-refractivity contribution < 1.29 is 22.7 Å². The second kappa shape index (κ2) is 10.1. The molecule has 0 unspecified atom stereocenters. The lowest BCUT2D eigenvalue weighted by molar-refractivity contribution is 0.0789. The van der Waals surface area contributed by atoms with Crippen LogP contribution in [0, 0.1) is 6.92 Å². The molecule has 1 amide bonds. The van der Waals surface area contributed by atoms with Gasteiger partial charge in [0, 0.05) is 19.1 Å². The summed E-state index contributed by atoms with van der Waals surface area (Å²) in [6, 6.07) is 7.89. The minimum absolute atomic E-state index is 0.0351. The minimum Gasteiger partial charge on any atom is -0.496 e. The number of likely N-dealkylation sites (tertiary alicyclic amines) is 1. The summed E-state index contributed by atoms with van der Waals surface area (Å²) < 4.78 is 40.1. The number of hydrogen-bond acceptors (Lipinski definition) is 5. The molecule has 1 fully saturated rings.